The van der Waals surface area contributed by atoms with Gasteiger partial charge < -0.3 is 10.5 Å². The summed E-state index contributed by atoms with van der Waals surface area (Å²) in [6.07, 6.45) is 7.25. The molecular formula is C14H20N4O. The molecule has 19 heavy (non-hydrogen) atoms. The molecule has 5 nitrogen and oxygen atoms in total. The van der Waals surface area contributed by atoms with E-state index in [1.54, 1.807) is 12.4 Å². The van der Waals surface area contributed by atoms with Crippen molar-refractivity contribution in [3.63, 3.8) is 0 Å². The molecule has 2 rings (SSSR count). The van der Waals surface area contributed by atoms with Gasteiger partial charge in [0, 0.05) is 24.8 Å². The number of hydrogen-bond acceptors (Lipinski definition) is 4. The zero-order valence-corrected chi connectivity index (χ0v) is 11.4. The van der Waals surface area contributed by atoms with Crippen LogP contribution in [0.15, 0.2) is 30.7 Å². The highest BCUT2D eigenvalue weighted by Crippen LogP contribution is 2.18. The van der Waals surface area contributed by atoms with Gasteiger partial charge in [-0.2, -0.15) is 5.10 Å². The number of nitrogens with zero attached hydrogens (tertiary/aromatic N) is 3. The molecule has 0 aliphatic heterocycles. The van der Waals surface area contributed by atoms with Gasteiger partial charge in [0.15, 0.2) is 5.75 Å². The van der Waals surface area contributed by atoms with Gasteiger partial charge in [-0.25, -0.2) is 4.98 Å². The van der Waals surface area contributed by atoms with Gasteiger partial charge in [0.25, 0.3) is 0 Å². The number of aromatic nitrogens is 3. The standard InChI is InChI=1S/C14H20N4O/c1-3-6-18-10-13(9-17-18)19-14-5-4-12(8-16-14)7-11(2)15/h4-5,8-11H,3,6-7,15H2,1-2H3. The lowest BCUT2D eigenvalue weighted by Crippen LogP contribution is -2.17. The highest BCUT2D eigenvalue weighted by molar-refractivity contribution is 5.24. The Hall–Kier alpha value is -1.88. The van der Waals surface area contributed by atoms with Gasteiger partial charge in [-0.15, -0.1) is 0 Å². The summed E-state index contributed by atoms with van der Waals surface area (Å²) in [5.74, 6) is 1.28. The van der Waals surface area contributed by atoms with Crippen LogP contribution in [0.4, 0.5) is 0 Å². The smallest absolute Gasteiger partial charge is 0.219 e. The lowest BCUT2D eigenvalue weighted by atomic mass is 10.1. The normalized spacial score (nSPS) is 12.4. The van der Waals surface area contributed by atoms with Crippen LogP contribution in [0.3, 0.4) is 0 Å². The van der Waals surface area contributed by atoms with Gasteiger partial charge in [-0.3, -0.25) is 4.68 Å². The summed E-state index contributed by atoms with van der Waals surface area (Å²) >= 11 is 0. The Balaban J connectivity index is 1.98. The molecule has 0 aliphatic carbocycles. The Bertz CT molecular complexity index is 504. The maximum atomic E-state index is 5.75. The van der Waals surface area contributed by atoms with Gasteiger partial charge in [0.2, 0.25) is 5.88 Å². The van der Waals surface area contributed by atoms with E-state index >= 15 is 0 Å². The topological polar surface area (TPSA) is 66.0 Å². The molecule has 2 heterocycles. The maximum Gasteiger partial charge on any atom is 0.219 e. The first-order valence-corrected chi connectivity index (χ1v) is 6.58. The van der Waals surface area contributed by atoms with Crippen LogP contribution in [0, 0.1) is 0 Å². The second-order valence-electron chi connectivity index (χ2n) is 4.73. The second-order valence-corrected chi connectivity index (χ2v) is 4.73. The Morgan fingerprint density at radius 1 is 1.37 bits per heavy atom. The molecule has 0 saturated heterocycles. The fraction of sp³-hybridized carbons (Fsp3) is 0.429. The van der Waals surface area contributed by atoms with E-state index in [9.17, 15) is 0 Å². The van der Waals surface area contributed by atoms with Crippen LogP contribution in [0.1, 0.15) is 25.8 Å². The largest absolute Gasteiger partial charge is 0.436 e. The number of aryl methyl sites for hydroxylation is 1. The van der Waals surface area contributed by atoms with Crippen molar-refractivity contribution in [1.29, 1.82) is 0 Å². The minimum Gasteiger partial charge on any atom is -0.436 e. The third kappa shape index (κ3) is 4.06. The summed E-state index contributed by atoms with van der Waals surface area (Å²) < 4.78 is 7.50. The van der Waals surface area contributed by atoms with E-state index in [0.717, 1.165) is 24.9 Å². The number of hydrogen-bond donors (Lipinski definition) is 1. The molecule has 102 valence electrons. The minimum absolute atomic E-state index is 0.140. The van der Waals surface area contributed by atoms with Crippen molar-refractivity contribution in [2.24, 2.45) is 5.73 Å². The molecule has 0 bridgehead atoms. The first-order chi connectivity index (χ1) is 9.17. The highest BCUT2D eigenvalue weighted by Gasteiger charge is 2.03. The molecule has 0 fully saturated rings. The molecule has 2 aromatic heterocycles. The van der Waals surface area contributed by atoms with Crippen LogP contribution >= 0.6 is 0 Å². The fourth-order valence-corrected chi connectivity index (χ4v) is 1.83. The highest BCUT2D eigenvalue weighted by atomic mass is 16.5. The van der Waals surface area contributed by atoms with E-state index in [1.165, 1.54) is 0 Å². The van der Waals surface area contributed by atoms with Crippen LogP contribution in [0.2, 0.25) is 0 Å². The molecule has 1 unspecified atom stereocenters. The molecular weight excluding hydrogens is 240 g/mol. The SMILES string of the molecule is CCCn1cc(Oc2ccc(CC(C)N)cn2)cn1. The zero-order chi connectivity index (χ0) is 13.7. The molecule has 0 amide bonds. The van der Waals surface area contributed by atoms with Crippen molar-refractivity contribution in [3.05, 3.63) is 36.3 Å². The number of ether oxygens (including phenoxy) is 1. The van der Waals surface area contributed by atoms with E-state index in [2.05, 4.69) is 17.0 Å². The third-order valence-electron chi connectivity index (χ3n) is 2.64. The van der Waals surface area contributed by atoms with E-state index in [-0.39, 0.29) is 6.04 Å². The first kappa shape index (κ1) is 13.5. The molecule has 0 aromatic carbocycles. The van der Waals surface area contributed by atoms with E-state index in [0.29, 0.717) is 11.6 Å². The molecule has 5 heteroatoms. The summed E-state index contributed by atoms with van der Waals surface area (Å²) in [5.41, 5.74) is 6.86. The van der Waals surface area contributed by atoms with Gasteiger partial charge in [0.1, 0.15) is 0 Å². The Morgan fingerprint density at radius 2 is 2.21 bits per heavy atom. The monoisotopic (exact) mass is 260 g/mol. The molecule has 1 atom stereocenters. The Morgan fingerprint density at radius 3 is 2.84 bits per heavy atom. The van der Waals surface area contributed by atoms with Crippen molar-refractivity contribution in [3.8, 4) is 11.6 Å². The van der Waals surface area contributed by atoms with Crippen molar-refractivity contribution < 1.29 is 4.74 Å². The average molecular weight is 260 g/mol. The van der Waals surface area contributed by atoms with Gasteiger partial charge in [-0.1, -0.05) is 13.0 Å². The fourth-order valence-electron chi connectivity index (χ4n) is 1.83. The van der Waals surface area contributed by atoms with Crippen molar-refractivity contribution in [2.45, 2.75) is 39.3 Å². The number of pyridine rings is 1. The summed E-state index contributed by atoms with van der Waals surface area (Å²) in [7, 11) is 0. The summed E-state index contributed by atoms with van der Waals surface area (Å²) in [4.78, 5) is 4.27. The minimum atomic E-state index is 0.140. The van der Waals surface area contributed by atoms with Crippen LogP contribution < -0.4 is 10.5 Å². The number of nitrogens with two attached hydrogens (primary N) is 1. The Kier molecular flexibility index (Phi) is 4.52. The van der Waals surface area contributed by atoms with Gasteiger partial charge in [-0.05, 0) is 25.3 Å². The van der Waals surface area contributed by atoms with Crippen LogP contribution in [0.5, 0.6) is 11.6 Å². The third-order valence-corrected chi connectivity index (χ3v) is 2.64. The predicted octanol–water partition coefficient (Wildman–Crippen LogP) is 2.37. The Labute approximate surface area is 113 Å². The first-order valence-electron chi connectivity index (χ1n) is 6.58. The van der Waals surface area contributed by atoms with Crippen LogP contribution in [-0.2, 0) is 13.0 Å². The van der Waals surface area contributed by atoms with E-state index < -0.39 is 0 Å². The molecule has 2 aromatic rings. The summed E-state index contributed by atoms with van der Waals surface area (Å²) in [5, 5.41) is 4.21. The maximum absolute atomic E-state index is 5.75. The summed E-state index contributed by atoms with van der Waals surface area (Å²) in [6, 6.07) is 3.98. The summed E-state index contributed by atoms with van der Waals surface area (Å²) in [6.45, 7) is 4.98. The quantitative estimate of drug-likeness (QED) is 0.866. The van der Waals surface area contributed by atoms with Crippen LogP contribution in [0.25, 0.3) is 0 Å². The molecule has 0 aliphatic rings. The van der Waals surface area contributed by atoms with Crippen molar-refractivity contribution >= 4 is 0 Å². The lowest BCUT2D eigenvalue weighted by molar-refractivity contribution is 0.460. The average Bonchev–Trinajstić information content (AvgIpc) is 2.79. The van der Waals surface area contributed by atoms with Crippen LogP contribution in [-0.4, -0.2) is 20.8 Å². The lowest BCUT2D eigenvalue weighted by Gasteiger charge is -2.06. The van der Waals surface area contributed by atoms with Gasteiger partial charge in [0.05, 0.1) is 12.4 Å². The van der Waals surface area contributed by atoms with Crippen molar-refractivity contribution in [1.82, 2.24) is 14.8 Å². The molecule has 0 spiro atoms. The second kappa shape index (κ2) is 6.33. The van der Waals surface area contributed by atoms with E-state index in [1.807, 2.05) is 29.9 Å². The molecule has 0 radical (unpaired) electrons. The van der Waals surface area contributed by atoms with Crippen molar-refractivity contribution in [2.75, 3.05) is 0 Å². The molecule has 2 N–H and O–H groups in total. The van der Waals surface area contributed by atoms with E-state index in [4.69, 9.17) is 10.5 Å². The number of rotatable bonds is 6. The van der Waals surface area contributed by atoms with Gasteiger partial charge >= 0.3 is 0 Å². The zero-order valence-electron chi connectivity index (χ0n) is 11.4. The predicted molar refractivity (Wildman–Crippen MR) is 74.2 cm³/mol. The molecule has 0 saturated carbocycles.